The number of ether oxygens (including phenoxy) is 1. The molecule has 1 aliphatic carbocycles. The van der Waals surface area contributed by atoms with Gasteiger partial charge in [-0.25, -0.2) is 0 Å². The van der Waals surface area contributed by atoms with Crippen LogP contribution < -0.4 is 4.74 Å². The van der Waals surface area contributed by atoms with Gasteiger partial charge in [0.15, 0.2) is 5.78 Å². The van der Waals surface area contributed by atoms with Crippen molar-refractivity contribution in [2.45, 2.75) is 51.9 Å². The molecule has 6 heteroatoms. The summed E-state index contributed by atoms with van der Waals surface area (Å²) in [5, 5.41) is 10.1. The van der Waals surface area contributed by atoms with Crippen LogP contribution in [0.5, 0.6) is 5.75 Å². The lowest BCUT2D eigenvalue weighted by Crippen LogP contribution is -2.13. The molecule has 1 aliphatic heterocycles. The molecule has 4 aromatic carbocycles. The van der Waals surface area contributed by atoms with Crippen LogP contribution in [-0.4, -0.2) is 36.7 Å². The van der Waals surface area contributed by atoms with Crippen molar-refractivity contribution in [3.05, 3.63) is 129 Å². The minimum atomic E-state index is -0.919. The van der Waals surface area contributed by atoms with E-state index in [9.17, 15) is 14.7 Å². The summed E-state index contributed by atoms with van der Waals surface area (Å²) >= 11 is 6.92. The molecule has 1 N–H and O–H groups in total. The van der Waals surface area contributed by atoms with Gasteiger partial charge in [0.1, 0.15) is 5.75 Å². The molecule has 1 heterocycles. The van der Waals surface area contributed by atoms with E-state index in [-0.39, 0.29) is 12.2 Å². The van der Waals surface area contributed by atoms with Gasteiger partial charge in [-0.05, 0) is 95.3 Å². The van der Waals surface area contributed by atoms with Crippen LogP contribution in [0.2, 0.25) is 5.02 Å². The van der Waals surface area contributed by atoms with Crippen molar-refractivity contribution in [3.8, 4) is 28.0 Å². The highest BCUT2D eigenvalue weighted by Crippen LogP contribution is 2.39. The van der Waals surface area contributed by atoms with Gasteiger partial charge in [0.25, 0.3) is 0 Å². The number of carbonyl (C=O) groups excluding carboxylic acids is 1. The molecule has 4 aromatic rings. The van der Waals surface area contributed by atoms with E-state index in [0.717, 1.165) is 69.5 Å². The first-order chi connectivity index (χ1) is 23.2. The number of halogens is 1. The second-order valence-electron chi connectivity index (χ2n) is 12.9. The molecule has 2 unspecified atom stereocenters. The van der Waals surface area contributed by atoms with Crippen molar-refractivity contribution in [2.24, 2.45) is 10.9 Å². The van der Waals surface area contributed by atoms with Crippen LogP contribution in [0.15, 0.2) is 102 Å². The average molecular weight is 658 g/mol. The molecule has 0 saturated carbocycles. The molecule has 0 amide bonds. The molecule has 0 radical (unpaired) electrons. The van der Waals surface area contributed by atoms with E-state index < -0.39 is 5.97 Å². The molecule has 2 atom stereocenters. The summed E-state index contributed by atoms with van der Waals surface area (Å²) in [5.74, 6) is 0.559. The predicted molar refractivity (Wildman–Crippen MR) is 195 cm³/mol. The van der Waals surface area contributed by atoms with Crippen LogP contribution in [0.3, 0.4) is 0 Å². The SMILES string of the molecule is COc1ccc(CC(C)=C2C(=O)CCCc3cc(Cl)c(-c4ccc(-c5ccc(C(C)C6C=CC=NC6)cc5)cc4)cc32)cc1CC(=O)O. The number of Topliss-reactive ketones (excluding diaryl/α,β-unsaturated/α-hetero) is 1. The Bertz CT molecular complexity index is 1940. The first-order valence-electron chi connectivity index (χ1n) is 16.5. The number of methoxy groups -OCH3 is 1. The summed E-state index contributed by atoms with van der Waals surface area (Å²) in [7, 11) is 1.54. The maximum absolute atomic E-state index is 13.6. The third-order valence-corrected chi connectivity index (χ3v) is 9.96. The smallest absolute Gasteiger partial charge is 0.307 e. The number of dihydropyridines is 1. The van der Waals surface area contributed by atoms with Gasteiger partial charge in [-0.15, -0.1) is 0 Å². The largest absolute Gasteiger partial charge is 0.496 e. The minimum absolute atomic E-state index is 0.124. The van der Waals surface area contributed by atoms with Gasteiger partial charge in [0.2, 0.25) is 0 Å². The lowest BCUT2D eigenvalue weighted by Gasteiger charge is -2.21. The van der Waals surface area contributed by atoms with Crippen molar-refractivity contribution in [1.29, 1.82) is 0 Å². The Balaban J connectivity index is 1.29. The number of aliphatic carboxylic acids is 1. The number of ketones is 1. The standard InChI is InChI=1S/C42H40ClNO4/c1-26(20-28-9-18-40(48-3)35(21-28)23-41(46)47)42-37-24-36(38(43)22-33(37)6-4-8-39(42)45)32-16-14-31(15-17-32)30-12-10-29(11-13-30)27(2)34-7-5-19-44-25-34/h5,7,9-19,21-22,24,27,34H,4,6,8,20,23,25H2,1-3H3,(H,46,47). The molecular weight excluding hydrogens is 618 g/mol. The van der Waals surface area contributed by atoms with Crippen LogP contribution >= 0.6 is 11.6 Å². The Labute approximate surface area is 287 Å². The van der Waals surface area contributed by atoms with Gasteiger partial charge in [0, 0.05) is 46.8 Å². The predicted octanol–water partition coefficient (Wildman–Crippen LogP) is 9.59. The number of aryl methyl sites for hydroxylation is 1. The summed E-state index contributed by atoms with van der Waals surface area (Å²) < 4.78 is 5.39. The molecular formula is C42H40ClNO4. The summed E-state index contributed by atoms with van der Waals surface area (Å²) in [6.45, 7) is 5.09. The van der Waals surface area contributed by atoms with E-state index in [2.05, 4.69) is 72.6 Å². The second-order valence-corrected chi connectivity index (χ2v) is 13.3. The fraction of sp³-hybridized carbons (Fsp3) is 0.262. The fourth-order valence-electron chi connectivity index (χ4n) is 6.99. The van der Waals surface area contributed by atoms with E-state index in [0.29, 0.717) is 41.0 Å². The van der Waals surface area contributed by atoms with E-state index in [1.807, 2.05) is 37.4 Å². The molecule has 0 saturated heterocycles. The van der Waals surface area contributed by atoms with Crippen LogP contribution in [0.4, 0.5) is 0 Å². The first kappa shape index (κ1) is 33.2. The van der Waals surface area contributed by atoms with Crippen molar-refractivity contribution >= 4 is 35.1 Å². The highest BCUT2D eigenvalue weighted by Gasteiger charge is 2.24. The van der Waals surface area contributed by atoms with E-state index in [4.69, 9.17) is 16.3 Å². The van der Waals surface area contributed by atoms with Crippen LogP contribution in [-0.2, 0) is 28.9 Å². The van der Waals surface area contributed by atoms with Gasteiger partial charge in [0.05, 0.1) is 13.5 Å². The number of benzene rings is 4. The van der Waals surface area contributed by atoms with Gasteiger partial charge < -0.3 is 9.84 Å². The monoisotopic (exact) mass is 657 g/mol. The van der Waals surface area contributed by atoms with Gasteiger partial charge in [-0.2, -0.15) is 0 Å². The van der Waals surface area contributed by atoms with Gasteiger partial charge in [-0.1, -0.05) is 90.8 Å². The zero-order valence-corrected chi connectivity index (χ0v) is 28.4. The third-order valence-electron chi connectivity index (χ3n) is 9.65. The van der Waals surface area contributed by atoms with Crippen LogP contribution in [0.1, 0.15) is 60.4 Å². The number of nitrogens with zero attached hydrogens (tertiary/aromatic N) is 1. The summed E-state index contributed by atoms with van der Waals surface area (Å²) in [6.07, 6.45) is 8.56. The normalized spacial score (nSPS) is 17.4. The first-order valence-corrected chi connectivity index (χ1v) is 16.9. The summed E-state index contributed by atoms with van der Waals surface area (Å²) in [6, 6.07) is 27.0. The molecule has 48 heavy (non-hydrogen) atoms. The van der Waals surface area contributed by atoms with Crippen molar-refractivity contribution in [1.82, 2.24) is 0 Å². The topological polar surface area (TPSA) is 76.0 Å². The molecule has 5 nitrogen and oxygen atoms in total. The molecule has 6 rings (SSSR count). The number of allylic oxidation sites excluding steroid dienone is 3. The molecule has 0 aromatic heterocycles. The Morgan fingerprint density at radius 2 is 1.65 bits per heavy atom. The number of carboxylic acid groups (broad SMARTS) is 1. The van der Waals surface area contributed by atoms with E-state index in [1.165, 1.54) is 12.7 Å². The minimum Gasteiger partial charge on any atom is -0.496 e. The Kier molecular flexibility index (Phi) is 10.1. The van der Waals surface area contributed by atoms with E-state index >= 15 is 0 Å². The number of carboxylic acids is 1. The summed E-state index contributed by atoms with van der Waals surface area (Å²) in [5.41, 5.74) is 10.7. The highest BCUT2D eigenvalue weighted by molar-refractivity contribution is 6.34. The zero-order valence-electron chi connectivity index (χ0n) is 27.6. The quantitative estimate of drug-likeness (QED) is 0.144. The maximum atomic E-state index is 13.6. The Morgan fingerprint density at radius 3 is 2.31 bits per heavy atom. The molecule has 0 spiro atoms. The van der Waals surface area contributed by atoms with E-state index in [1.54, 1.807) is 6.07 Å². The van der Waals surface area contributed by atoms with Crippen molar-refractivity contribution < 1.29 is 19.4 Å². The molecule has 2 aliphatic rings. The van der Waals surface area contributed by atoms with Crippen LogP contribution in [0.25, 0.3) is 27.8 Å². The maximum Gasteiger partial charge on any atom is 0.307 e. The third kappa shape index (κ3) is 7.22. The summed E-state index contributed by atoms with van der Waals surface area (Å²) in [4.78, 5) is 29.5. The number of aliphatic imine (C=N–C) groups is 1. The second kappa shape index (κ2) is 14.6. The van der Waals surface area contributed by atoms with Gasteiger partial charge >= 0.3 is 5.97 Å². The number of carbonyl (C=O) groups is 2. The highest BCUT2D eigenvalue weighted by atomic mass is 35.5. The average Bonchev–Trinajstić information content (AvgIpc) is 3.25. The Hall–Kier alpha value is -4.74. The Morgan fingerprint density at radius 1 is 0.938 bits per heavy atom. The fourth-order valence-corrected chi connectivity index (χ4v) is 7.28. The number of rotatable bonds is 9. The van der Waals surface area contributed by atoms with Crippen LogP contribution in [0, 0.1) is 5.92 Å². The number of hydrogen-bond acceptors (Lipinski definition) is 4. The van der Waals surface area contributed by atoms with Gasteiger partial charge in [-0.3, -0.25) is 14.6 Å². The van der Waals surface area contributed by atoms with Crippen molar-refractivity contribution in [2.75, 3.05) is 13.7 Å². The number of hydrogen-bond donors (Lipinski definition) is 1. The molecule has 244 valence electrons. The lowest BCUT2D eigenvalue weighted by atomic mass is 9.86. The lowest BCUT2D eigenvalue weighted by molar-refractivity contribution is -0.136. The zero-order chi connectivity index (χ0) is 33.8. The molecule has 0 fully saturated rings. The van der Waals surface area contributed by atoms with Crippen molar-refractivity contribution in [3.63, 3.8) is 0 Å². The number of fused-ring (bicyclic) bond motifs is 1. The molecule has 0 bridgehead atoms.